The summed E-state index contributed by atoms with van der Waals surface area (Å²) in [4.78, 5) is 0. The molecule has 0 heterocycles. The fraction of sp³-hybridized carbons (Fsp3) is 1.00. The molecule has 0 radical (unpaired) electrons. The molecule has 1 N–H and O–H groups in total. The Kier molecular flexibility index (Phi) is 10.6. The van der Waals surface area contributed by atoms with Gasteiger partial charge in [-0.1, -0.05) is 0 Å². The molecule has 3 nitrogen and oxygen atoms in total. The van der Waals surface area contributed by atoms with Crippen LogP contribution in [0.25, 0.3) is 0 Å². The van der Waals surface area contributed by atoms with Gasteiger partial charge in [-0.25, -0.2) is 0 Å². The van der Waals surface area contributed by atoms with E-state index >= 15 is 0 Å². The molecule has 0 fully saturated rings. The Balaban J connectivity index is 7.73. The van der Waals surface area contributed by atoms with Crippen LogP contribution in [0.15, 0.2) is 0 Å². The van der Waals surface area contributed by atoms with E-state index < -0.39 is 98.5 Å². The van der Waals surface area contributed by atoms with Gasteiger partial charge in [0.05, 0.1) is 0 Å². The Bertz CT molecular complexity index is 1380. The Hall–Kier alpha value is -2.26. The quantitative estimate of drug-likeness (QED) is 0.140. The molecule has 50 heavy (non-hydrogen) atoms. The van der Waals surface area contributed by atoms with Gasteiger partial charge in [-0.15, -0.1) is 0 Å². The zero-order chi connectivity index (χ0) is 42.0. The first kappa shape index (κ1) is 47.7. The molecule has 0 saturated carbocycles. The van der Waals surface area contributed by atoms with Gasteiger partial charge >= 0.3 is 98.5 Å². The van der Waals surface area contributed by atoms with Crippen molar-refractivity contribution in [1.29, 1.82) is 0 Å². The van der Waals surface area contributed by atoms with E-state index in [1.807, 2.05) is 0 Å². The normalized spacial score (nSPS) is 17.4. The van der Waals surface area contributed by atoms with E-state index in [0.717, 1.165) is 0 Å². The highest BCUT2D eigenvalue weighted by Crippen LogP contribution is 2.69. The van der Waals surface area contributed by atoms with Crippen molar-refractivity contribution in [1.82, 2.24) is 0 Å². The predicted molar refractivity (Wildman–Crippen MR) is 86.9 cm³/mol. The van der Waals surface area contributed by atoms with Gasteiger partial charge < -0.3 is 0 Å². The van der Waals surface area contributed by atoms with Crippen LogP contribution in [-0.4, -0.2) is 101 Å². The van der Waals surface area contributed by atoms with Crippen LogP contribution in [0, 0.1) is 0 Å². The van der Waals surface area contributed by atoms with Crippen molar-refractivity contribution in [2.75, 3.05) is 0 Å². The molecule has 0 rings (SSSR count). The molecular weight excluding hydrogens is 849 g/mol. The molecule has 0 aromatic heterocycles. The Morgan fingerprint density at radius 1 is 0.240 bits per heavy atom. The van der Waals surface area contributed by atoms with Crippen molar-refractivity contribution >= 4 is 10.1 Å². The van der Waals surface area contributed by atoms with E-state index in [4.69, 9.17) is 4.55 Å². The van der Waals surface area contributed by atoms with Crippen LogP contribution in [0.3, 0.4) is 0 Å². The number of halogens is 31. The first-order valence-corrected chi connectivity index (χ1v) is 11.5. The molecule has 0 aliphatic rings. The highest BCUT2D eigenvalue weighted by atomic mass is 32.2. The van der Waals surface area contributed by atoms with Crippen LogP contribution in [0.1, 0.15) is 0 Å². The Morgan fingerprint density at radius 3 is 0.480 bits per heavy atom. The number of alkyl halides is 31. The van der Waals surface area contributed by atoms with Crippen molar-refractivity contribution in [3.05, 3.63) is 0 Å². The summed E-state index contributed by atoms with van der Waals surface area (Å²) in [6.07, 6.45) is -8.38. The van der Waals surface area contributed by atoms with Crippen molar-refractivity contribution in [2.45, 2.75) is 88.4 Å². The lowest BCUT2D eigenvalue weighted by Crippen LogP contribution is -2.79. The molecule has 0 aromatic carbocycles. The van der Waals surface area contributed by atoms with E-state index in [-0.39, 0.29) is 0 Å². The van der Waals surface area contributed by atoms with Gasteiger partial charge in [-0.05, 0) is 0 Å². The first-order valence-electron chi connectivity index (χ1n) is 10.1. The van der Waals surface area contributed by atoms with Gasteiger partial charge in [0.15, 0.2) is 0 Å². The molecule has 0 unspecified atom stereocenters. The average Bonchev–Trinajstić information content (AvgIpc) is 2.85. The highest BCUT2D eigenvalue weighted by molar-refractivity contribution is 7.87. The monoisotopic (exact) mass is 850 g/mol. The van der Waals surface area contributed by atoms with Gasteiger partial charge in [-0.3, -0.25) is 4.55 Å². The minimum absolute atomic E-state index is 7.73. The third-order valence-electron chi connectivity index (χ3n) is 5.78. The highest BCUT2D eigenvalue weighted by Gasteiger charge is 3.01. The maximum absolute atomic E-state index is 13.7. The third kappa shape index (κ3) is 5.20. The summed E-state index contributed by atoms with van der Waals surface area (Å²) in [5.74, 6) is -127. The molecule has 35 heteroatoms. The fourth-order valence-corrected chi connectivity index (χ4v) is 3.14. The van der Waals surface area contributed by atoms with Crippen LogP contribution in [-0.2, 0) is 10.1 Å². The standard InChI is InChI=1S/C15HF31O3S/c16-1(17,2(18,19)4(22,23)6(26,27)8(30,31)10(34,35)12(38,39)14(42,43)44)3(20,21)5(24,25)7(28,29)9(32,33)11(36,37)13(40,41)15(45,46)50(47,48)49/h(H,47,48,49). The van der Waals surface area contributed by atoms with Gasteiger partial charge in [0.1, 0.15) is 0 Å². The molecule has 0 aliphatic heterocycles. The van der Waals surface area contributed by atoms with Crippen molar-refractivity contribution in [3.63, 3.8) is 0 Å². The van der Waals surface area contributed by atoms with Crippen molar-refractivity contribution < 1.29 is 149 Å². The molecule has 302 valence electrons. The second-order valence-corrected chi connectivity index (χ2v) is 10.4. The molecule has 0 aliphatic carbocycles. The molecule has 0 atom stereocenters. The SMILES string of the molecule is O=S(=O)(O)C(F)(F)C(F)(F)C(F)(F)C(F)(F)C(F)(F)C(F)(F)C(F)(F)C(F)(F)C(F)(F)C(F)(F)C(F)(F)C(F)(F)C(F)(F)C(F)(F)C(F)(F)F. The topological polar surface area (TPSA) is 54.4 Å². The maximum atomic E-state index is 13.7. The van der Waals surface area contributed by atoms with Crippen LogP contribution < -0.4 is 0 Å². The van der Waals surface area contributed by atoms with Crippen molar-refractivity contribution in [3.8, 4) is 0 Å². The van der Waals surface area contributed by atoms with E-state index in [1.165, 1.54) is 0 Å². The fourth-order valence-electron chi connectivity index (χ4n) is 2.69. The maximum Gasteiger partial charge on any atom is 0.460 e. The number of hydrogen-bond donors (Lipinski definition) is 1. The molecule has 0 bridgehead atoms. The zero-order valence-electron chi connectivity index (χ0n) is 20.9. The van der Waals surface area contributed by atoms with E-state index in [9.17, 15) is 145 Å². The first-order chi connectivity index (χ1) is 20.8. The smallest absolute Gasteiger partial charge is 0.281 e. The largest absolute Gasteiger partial charge is 0.460 e. The lowest BCUT2D eigenvalue weighted by Gasteiger charge is -2.46. The van der Waals surface area contributed by atoms with Gasteiger partial charge in [0.25, 0.3) is 0 Å². The summed E-state index contributed by atoms with van der Waals surface area (Å²) in [7, 11) is -8.40. The second-order valence-electron chi connectivity index (χ2n) is 8.96. The number of rotatable bonds is 14. The van der Waals surface area contributed by atoms with Crippen LogP contribution in [0.2, 0.25) is 0 Å². The zero-order valence-corrected chi connectivity index (χ0v) is 21.7. The van der Waals surface area contributed by atoms with Gasteiger partial charge in [0, 0.05) is 0 Å². The Labute approximate surface area is 249 Å². The summed E-state index contributed by atoms with van der Waals surface area (Å²) in [6, 6.07) is 0. The third-order valence-corrected chi connectivity index (χ3v) is 6.68. The number of hydrogen-bond acceptors (Lipinski definition) is 2. The molecule has 0 amide bonds. The van der Waals surface area contributed by atoms with E-state index in [2.05, 4.69) is 0 Å². The molecule has 0 saturated heterocycles. The molecular formula is C15HF31O3S. The van der Waals surface area contributed by atoms with Crippen molar-refractivity contribution in [2.24, 2.45) is 0 Å². The summed E-state index contributed by atoms with van der Waals surface area (Å²) >= 11 is 0. The van der Waals surface area contributed by atoms with Gasteiger partial charge in [-0.2, -0.15) is 145 Å². The summed E-state index contributed by atoms with van der Waals surface area (Å²) in [5.41, 5.74) is 0. The minimum atomic E-state index is -10.2. The predicted octanol–water partition coefficient (Wildman–Crippen LogP) is 9.29. The summed E-state index contributed by atoms with van der Waals surface area (Å²) in [5, 5.41) is -8.39. The molecule has 0 spiro atoms. The summed E-state index contributed by atoms with van der Waals surface area (Å²) in [6.45, 7) is 0. The average molecular weight is 850 g/mol. The summed E-state index contributed by atoms with van der Waals surface area (Å²) < 4.78 is 440. The second kappa shape index (κ2) is 11.1. The van der Waals surface area contributed by atoms with Gasteiger partial charge in [0.2, 0.25) is 0 Å². The van der Waals surface area contributed by atoms with Crippen LogP contribution in [0.5, 0.6) is 0 Å². The Morgan fingerprint density at radius 2 is 0.360 bits per heavy atom. The lowest BCUT2D eigenvalue weighted by atomic mass is 9.83. The van der Waals surface area contributed by atoms with Crippen LogP contribution >= 0.6 is 0 Å². The van der Waals surface area contributed by atoms with Crippen LogP contribution in [0.4, 0.5) is 136 Å². The van der Waals surface area contributed by atoms with E-state index in [0.29, 0.717) is 0 Å². The van der Waals surface area contributed by atoms with E-state index in [1.54, 1.807) is 0 Å². The minimum Gasteiger partial charge on any atom is -0.281 e. The lowest BCUT2D eigenvalue weighted by molar-refractivity contribution is -0.488. The molecule has 0 aromatic rings.